The first-order valence-electron chi connectivity index (χ1n) is 9.46. The van der Waals surface area contributed by atoms with Gasteiger partial charge >= 0.3 is 6.18 Å². The van der Waals surface area contributed by atoms with Crippen LogP contribution in [-0.4, -0.2) is 35.2 Å². The molecule has 1 aliphatic rings. The van der Waals surface area contributed by atoms with E-state index in [-0.39, 0.29) is 5.95 Å². The number of allylic oxidation sites excluding steroid dienone is 1. The fraction of sp³-hybridized carbons (Fsp3) is 0.273. The summed E-state index contributed by atoms with van der Waals surface area (Å²) >= 11 is 0. The van der Waals surface area contributed by atoms with E-state index in [2.05, 4.69) is 21.5 Å². The molecule has 5 nitrogen and oxygen atoms in total. The summed E-state index contributed by atoms with van der Waals surface area (Å²) in [5, 5.41) is 1.04. The van der Waals surface area contributed by atoms with Crippen molar-refractivity contribution < 1.29 is 17.9 Å². The van der Waals surface area contributed by atoms with E-state index in [1.165, 1.54) is 0 Å². The lowest BCUT2D eigenvalue weighted by molar-refractivity contribution is -0.138. The van der Waals surface area contributed by atoms with E-state index in [0.29, 0.717) is 19.5 Å². The lowest BCUT2D eigenvalue weighted by Crippen LogP contribution is -2.34. The van der Waals surface area contributed by atoms with Crippen LogP contribution in [0.4, 0.5) is 19.1 Å². The van der Waals surface area contributed by atoms with Crippen LogP contribution in [0.5, 0.6) is 5.75 Å². The van der Waals surface area contributed by atoms with Gasteiger partial charge < -0.3 is 14.6 Å². The number of anilines is 1. The second-order valence-electron chi connectivity index (χ2n) is 7.23. The van der Waals surface area contributed by atoms with Crippen molar-refractivity contribution in [3.63, 3.8) is 0 Å². The molecule has 4 rings (SSSR count). The van der Waals surface area contributed by atoms with Crippen LogP contribution in [0.25, 0.3) is 16.5 Å². The van der Waals surface area contributed by atoms with E-state index in [4.69, 9.17) is 4.74 Å². The van der Waals surface area contributed by atoms with Gasteiger partial charge in [0.1, 0.15) is 5.75 Å². The molecule has 8 heteroatoms. The molecular formula is C22H21F3N4O. The number of alkyl halides is 3. The van der Waals surface area contributed by atoms with E-state index < -0.39 is 11.7 Å². The Morgan fingerprint density at radius 2 is 1.93 bits per heavy atom. The van der Waals surface area contributed by atoms with Gasteiger partial charge in [-0.3, -0.25) is 0 Å². The maximum Gasteiger partial charge on any atom is 0.419 e. The molecule has 2 aromatic heterocycles. The third-order valence-corrected chi connectivity index (χ3v) is 5.47. The van der Waals surface area contributed by atoms with Gasteiger partial charge in [0.15, 0.2) is 0 Å². The number of methoxy groups -OCH3 is 1. The van der Waals surface area contributed by atoms with Gasteiger partial charge in [-0.15, -0.1) is 0 Å². The number of hydrogen-bond donors (Lipinski definition) is 1. The summed E-state index contributed by atoms with van der Waals surface area (Å²) < 4.78 is 43.8. The Hall–Kier alpha value is -3.29. The summed E-state index contributed by atoms with van der Waals surface area (Å²) in [5.74, 6) is 1.04. The summed E-state index contributed by atoms with van der Waals surface area (Å²) in [6.45, 7) is 7.33. The first kappa shape index (κ1) is 20.0. The third-order valence-electron chi connectivity index (χ3n) is 5.47. The molecule has 0 atom stereocenters. The maximum absolute atomic E-state index is 12.8. The zero-order valence-corrected chi connectivity index (χ0v) is 16.7. The van der Waals surface area contributed by atoms with Crippen molar-refractivity contribution in [2.75, 3.05) is 25.1 Å². The number of nitrogens with one attached hydrogen (secondary N) is 1. The van der Waals surface area contributed by atoms with Gasteiger partial charge in [-0.2, -0.15) is 13.2 Å². The highest BCUT2D eigenvalue weighted by Crippen LogP contribution is 2.36. The van der Waals surface area contributed by atoms with Gasteiger partial charge in [0, 0.05) is 37.1 Å². The molecule has 3 aromatic rings. The largest absolute Gasteiger partial charge is 0.495 e. The predicted molar refractivity (Wildman–Crippen MR) is 110 cm³/mol. The van der Waals surface area contributed by atoms with E-state index in [1.807, 2.05) is 36.2 Å². The minimum Gasteiger partial charge on any atom is -0.495 e. The number of benzene rings is 1. The molecule has 30 heavy (non-hydrogen) atoms. The fourth-order valence-corrected chi connectivity index (χ4v) is 3.78. The van der Waals surface area contributed by atoms with Crippen molar-refractivity contribution in [2.24, 2.45) is 0 Å². The molecule has 3 heterocycles. The number of rotatable bonds is 3. The van der Waals surface area contributed by atoms with Crippen molar-refractivity contribution in [2.45, 2.75) is 19.5 Å². The Balaban J connectivity index is 1.69. The van der Waals surface area contributed by atoms with Gasteiger partial charge in [0.05, 0.1) is 18.2 Å². The van der Waals surface area contributed by atoms with Gasteiger partial charge in [-0.1, -0.05) is 12.6 Å². The number of hydrogen-bond acceptors (Lipinski definition) is 4. The number of fused-ring (bicyclic) bond motifs is 1. The lowest BCUT2D eigenvalue weighted by atomic mass is 9.90. The topological polar surface area (TPSA) is 54.0 Å². The van der Waals surface area contributed by atoms with E-state index in [9.17, 15) is 13.2 Å². The number of nitrogens with zero attached hydrogens (tertiary/aromatic N) is 3. The number of ether oxygens (including phenoxy) is 1. The van der Waals surface area contributed by atoms with Crippen molar-refractivity contribution in [1.82, 2.24) is 15.0 Å². The molecule has 1 aliphatic heterocycles. The quantitative estimate of drug-likeness (QED) is 0.638. The van der Waals surface area contributed by atoms with Crippen LogP contribution < -0.4 is 9.64 Å². The molecule has 0 bridgehead atoms. The summed E-state index contributed by atoms with van der Waals surface area (Å²) in [4.78, 5) is 13.0. The van der Waals surface area contributed by atoms with Crippen molar-refractivity contribution in [1.29, 1.82) is 0 Å². The fourth-order valence-electron chi connectivity index (χ4n) is 3.78. The van der Waals surface area contributed by atoms with Gasteiger partial charge in [-0.05, 0) is 47.8 Å². The average molecular weight is 414 g/mol. The van der Waals surface area contributed by atoms with Crippen LogP contribution in [0.2, 0.25) is 0 Å². The minimum atomic E-state index is -4.45. The highest BCUT2D eigenvalue weighted by Gasteiger charge is 2.32. The van der Waals surface area contributed by atoms with Crippen molar-refractivity contribution in [3.8, 4) is 5.75 Å². The van der Waals surface area contributed by atoms with Crippen LogP contribution in [0, 0.1) is 0 Å². The van der Waals surface area contributed by atoms with E-state index >= 15 is 0 Å². The highest BCUT2D eigenvalue weighted by atomic mass is 19.4. The molecule has 1 N–H and O–H groups in total. The number of aromatic amines is 1. The Morgan fingerprint density at radius 3 is 2.60 bits per heavy atom. The number of halogens is 3. The Bertz CT molecular complexity index is 1130. The van der Waals surface area contributed by atoms with Crippen LogP contribution in [0.1, 0.15) is 24.5 Å². The molecule has 1 fully saturated rings. The van der Waals surface area contributed by atoms with Crippen LogP contribution in [-0.2, 0) is 6.18 Å². The third kappa shape index (κ3) is 3.53. The lowest BCUT2D eigenvalue weighted by Gasteiger charge is -2.31. The average Bonchev–Trinajstić information content (AvgIpc) is 3.22. The molecule has 0 spiro atoms. The minimum absolute atomic E-state index is 0.280. The maximum atomic E-state index is 12.8. The monoisotopic (exact) mass is 414 g/mol. The zero-order valence-electron chi connectivity index (χ0n) is 16.7. The summed E-state index contributed by atoms with van der Waals surface area (Å²) in [6.07, 6.45) is -0.244. The van der Waals surface area contributed by atoms with E-state index in [1.54, 1.807) is 7.11 Å². The molecule has 1 saturated heterocycles. The SMILES string of the molecule is C=C1CCN(c2ncc(C(F)(F)F)cn2)C/C1=C(/C)c1ccc(OC)c2[nH]ccc12. The van der Waals surface area contributed by atoms with Crippen LogP contribution >= 0.6 is 0 Å². The predicted octanol–water partition coefficient (Wildman–Crippen LogP) is 5.23. The Kier molecular flexibility index (Phi) is 5.01. The molecular weight excluding hydrogens is 393 g/mol. The van der Waals surface area contributed by atoms with E-state index in [0.717, 1.165) is 51.3 Å². The molecule has 0 amide bonds. The standard InChI is InChI=1S/C22H21F3N4O/c1-13-7-9-29(21-27-10-15(11-28-21)22(23,24)25)12-18(13)14(2)16-4-5-19(30-3)20-17(16)6-8-26-20/h4-6,8,10-11,26H,1,7,9,12H2,2-3H3/b18-14+. The normalized spacial score (nSPS) is 16.8. The summed E-state index contributed by atoms with van der Waals surface area (Å²) in [6, 6.07) is 5.93. The summed E-state index contributed by atoms with van der Waals surface area (Å²) in [5.41, 5.74) is 4.22. The second-order valence-corrected chi connectivity index (χ2v) is 7.23. The zero-order chi connectivity index (χ0) is 21.5. The smallest absolute Gasteiger partial charge is 0.419 e. The number of aromatic nitrogens is 3. The van der Waals surface area contributed by atoms with Gasteiger partial charge in [0.2, 0.25) is 5.95 Å². The first-order valence-corrected chi connectivity index (χ1v) is 9.46. The number of H-pyrrole nitrogens is 1. The Morgan fingerprint density at radius 1 is 1.20 bits per heavy atom. The Labute approximate surface area is 171 Å². The van der Waals surface area contributed by atoms with Crippen molar-refractivity contribution in [3.05, 3.63) is 65.6 Å². The molecule has 0 unspecified atom stereocenters. The van der Waals surface area contributed by atoms with Gasteiger partial charge in [-0.25, -0.2) is 9.97 Å². The van der Waals surface area contributed by atoms with Crippen molar-refractivity contribution >= 4 is 22.4 Å². The molecule has 0 radical (unpaired) electrons. The first-order chi connectivity index (χ1) is 14.3. The molecule has 0 saturated carbocycles. The van der Waals surface area contributed by atoms with Crippen LogP contribution in [0.3, 0.4) is 0 Å². The second kappa shape index (κ2) is 7.51. The van der Waals surface area contributed by atoms with Gasteiger partial charge in [0.25, 0.3) is 0 Å². The number of piperidine rings is 1. The summed E-state index contributed by atoms with van der Waals surface area (Å²) in [7, 11) is 1.63. The molecule has 0 aliphatic carbocycles. The molecule has 1 aromatic carbocycles. The highest BCUT2D eigenvalue weighted by molar-refractivity contribution is 5.96. The molecule has 156 valence electrons. The van der Waals surface area contributed by atoms with Crippen LogP contribution in [0.15, 0.2) is 54.5 Å².